The Balaban J connectivity index is 3.78. The zero-order chi connectivity index (χ0) is 13.7. The summed E-state index contributed by atoms with van der Waals surface area (Å²) >= 11 is 0. The molecular weight excluding hydrogens is 224 g/mol. The highest BCUT2D eigenvalue weighted by atomic mass is 16.6. The predicted molar refractivity (Wildman–Crippen MR) is 62.5 cm³/mol. The molecule has 0 N–H and O–H groups in total. The van der Waals surface area contributed by atoms with Crippen molar-refractivity contribution in [2.75, 3.05) is 13.2 Å². The summed E-state index contributed by atoms with van der Waals surface area (Å²) in [6.07, 6.45) is 0. The Morgan fingerprint density at radius 1 is 0.765 bits per heavy atom. The average molecular weight is 246 g/mol. The predicted octanol–water partition coefficient (Wildman–Crippen LogP) is 1.69. The molecule has 0 atom stereocenters. The van der Waals surface area contributed by atoms with Gasteiger partial charge in [-0.15, -0.1) is 0 Å². The van der Waals surface area contributed by atoms with Crippen molar-refractivity contribution < 1.29 is 23.8 Å². The molecule has 0 aromatic carbocycles. The van der Waals surface area contributed by atoms with E-state index in [0.717, 1.165) is 0 Å². The molecule has 0 aliphatic rings. The molecule has 0 radical (unpaired) electrons. The van der Waals surface area contributed by atoms with Crippen LogP contribution in [0.15, 0.2) is 0 Å². The molecule has 100 valence electrons. The molecule has 0 aromatic heterocycles. The first kappa shape index (κ1) is 15.9. The first-order chi connectivity index (χ1) is 7.49. The van der Waals surface area contributed by atoms with Crippen molar-refractivity contribution >= 4 is 11.9 Å². The highest BCUT2D eigenvalue weighted by Gasteiger charge is 2.18. The fourth-order valence-electron chi connectivity index (χ4n) is 0.960. The van der Waals surface area contributed by atoms with Gasteiger partial charge in [0.05, 0.1) is 0 Å². The molecule has 0 aliphatic carbocycles. The normalized spacial score (nSPS) is 12.1. The number of hydrogen-bond acceptors (Lipinski definition) is 5. The summed E-state index contributed by atoms with van der Waals surface area (Å²) in [7, 11) is 0. The van der Waals surface area contributed by atoms with E-state index in [0.29, 0.717) is 0 Å². The van der Waals surface area contributed by atoms with Gasteiger partial charge >= 0.3 is 11.9 Å². The third-order valence-corrected chi connectivity index (χ3v) is 1.28. The van der Waals surface area contributed by atoms with Gasteiger partial charge in [0.1, 0.15) is 24.4 Å². The maximum absolute atomic E-state index is 11.2. The van der Waals surface area contributed by atoms with Gasteiger partial charge in [-0.1, -0.05) is 0 Å². The molecule has 0 heterocycles. The van der Waals surface area contributed by atoms with E-state index in [1.54, 1.807) is 41.5 Å². The molecule has 0 saturated heterocycles. The number of hydrogen-bond donors (Lipinski definition) is 0. The van der Waals surface area contributed by atoms with Crippen LogP contribution in [0.1, 0.15) is 41.5 Å². The highest BCUT2D eigenvalue weighted by Crippen LogP contribution is 2.08. The van der Waals surface area contributed by atoms with Gasteiger partial charge in [-0.2, -0.15) is 0 Å². The SMILES string of the molecule is CC(C)(C)OC(=O)COCC(=O)OC(C)(C)C. The van der Waals surface area contributed by atoms with E-state index in [1.807, 2.05) is 0 Å². The highest BCUT2D eigenvalue weighted by molar-refractivity contribution is 5.73. The third kappa shape index (κ3) is 11.2. The van der Waals surface area contributed by atoms with Crippen LogP contribution < -0.4 is 0 Å². The van der Waals surface area contributed by atoms with Crippen molar-refractivity contribution in [3.63, 3.8) is 0 Å². The molecule has 0 aromatic rings. The smallest absolute Gasteiger partial charge is 0.332 e. The zero-order valence-corrected chi connectivity index (χ0v) is 11.5. The molecular formula is C12H22O5. The minimum absolute atomic E-state index is 0.253. The van der Waals surface area contributed by atoms with Crippen LogP contribution in [0.3, 0.4) is 0 Å². The second-order valence-electron chi connectivity index (χ2n) is 5.67. The van der Waals surface area contributed by atoms with Crippen molar-refractivity contribution in [1.82, 2.24) is 0 Å². The summed E-state index contributed by atoms with van der Waals surface area (Å²) in [6.45, 7) is 10.1. The maximum Gasteiger partial charge on any atom is 0.332 e. The van der Waals surface area contributed by atoms with Crippen LogP contribution >= 0.6 is 0 Å². The summed E-state index contributed by atoms with van der Waals surface area (Å²) in [5.41, 5.74) is -1.10. The van der Waals surface area contributed by atoms with Gasteiger partial charge in [-0.3, -0.25) is 0 Å². The molecule has 17 heavy (non-hydrogen) atoms. The summed E-state index contributed by atoms with van der Waals surface area (Å²) in [4.78, 5) is 22.5. The van der Waals surface area contributed by atoms with Crippen LogP contribution in [0, 0.1) is 0 Å². The first-order valence-corrected chi connectivity index (χ1v) is 5.51. The summed E-state index contributed by atoms with van der Waals surface area (Å²) in [5.74, 6) is -0.998. The van der Waals surface area contributed by atoms with Gasteiger partial charge in [0, 0.05) is 0 Å². The Hall–Kier alpha value is -1.10. The number of rotatable bonds is 4. The molecule has 0 bridgehead atoms. The van der Waals surface area contributed by atoms with E-state index < -0.39 is 23.1 Å². The average Bonchev–Trinajstić information content (AvgIpc) is 1.95. The number of ether oxygens (including phenoxy) is 3. The number of carbonyl (C=O) groups excluding carboxylic acids is 2. The van der Waals surface area contributed by atoms with E-state index in [1.165, 1.54) is 0 Å². The molecule has 0 amide bonds. The molecule has 0 unspecified atom stereocenters. The van der Waals surface area contributed by atoms with Crippen molar-refractivity contribution in [3.8, 4) is 0 Å². The van der Waals surface area contributed by atoms with Crippen LogP contribution in [-0.2, 0) is 23.8 Å². The van der Waals surface area contributed by atoms with Gasteiger partial charge < -0.3 is 14.2 Å². The number of carbonyl (C=O) groups is 2. The summed E-state index contributed by atoms with van der Waals surface area (Å²) < 4.78 is 14.9. The molecule has 0 aliphatic heterocycles. The Morgan fingerprint density at radius 3 is 1.29 bits per heavy atom. The summed E-state index contributed by atoms with van der Waals surface area (Å²) in [5, 5.41) is 0. The Bertz CT molecular complexity index is 242. The zero-order valence-electron chi connectivity index (χ0n) is 11.5. The van der Waals surface area contributed by atoms with Crippen molar-refractivity contribution in [3.05, 3.63) is 0 Å². The Labute approximate surface area is 102 Å². The second-order valence-corrected chi connectivity index (χ2v) is 5.67. The topological polar surface area (TPSA) is 61.8 Å². The van der Waals surface area contributed by atoms with Crippen LogP contribution in [0.4, 0.5) is 0 Å². The minimum atomic E-state index is -0.549. The van der Waals surface area contributed by atoms with Gasteiger partial charge in [0.25, 0.3) is 0 Å². The molecule has 5 nitrogen and oxygen atoms in total. The third-order valence-electron chi connectivity index (χ3n) is 1.28. The molecule has 0 rings (SSSR count). The molecule has 0 saturated carbocycles. The van der Waals surface area contributed by atoms with Gasteiger partial charge in [-0.25, -0.2) is 9.59 Å². The lowest BCUT2D eigenvalue weighted by atomic mass is 10.2. The fraction of sp³-hybridized carbons (Fsp3) is 0.833. The summed E-state index contributed by atoms with van der Waals surface area (Å²) in [6, 6.07) is 0. The molecule has 0 spiro atoms. The molecule has 0 fully saturated rings. The number of esters is 2. The Morgan fingerprint density at radius 2 is 1.06 bits per heavy atom. The van der Waals surface area contributed by atoms with Crippen LogP contribution in [0.25, 0.3) is 0 Å². The van der Waals surface area contributed by atoms with Crippen LogP contribution in [0.2, 0.25) is 0 Å². The minimum Gasteiger partial charge on any atom is -0.458 e. The van der Waals surface area contributed by atoms with Gasteiger partial charge in [-0.05, 0) is 41.5 Å². The van der Waals surface area contributed by atoms with E-state index in [4.69, 9.17) is 14.2 Å². The monoisotopic (exact) mass is 246 g/mol. The Kier molecular flexibility index (Phi) is 5.61. The van der Waals surface area contributed by atoms with Crippen LogP contribution in [-0.4, -0.2) is 36.4 Å². The molecule has 5 heteroatoms. The van der Waals surface area contributed by atoms with Crippen molar-refractivity contribution in [2.45, 2.75) is 52.7 Å². The van der Waals surface area contributed by atoms with Gasteiger partial charge in [0.2, 0.25) is 0 Å². The maximum atomic E-state index is 11.2. The first-order valence-electron chi connectivity index (χ1n) is 5.51. The van der Waals surface area contributed by atoms with Crippen molar-refractivity contribution in [1.29, 1.82) is 0 Å². The largest absolute Gasteiger partial charge is 0.458 e. The lowest BCUT2D eigenvalue weighted by molar-refractivity contribution is -0.166. The quantitative estimate of drug-likeness (QED) is 0.706. The van der Waals surface area contributed by atoms with E-state index in [2.05, 4.69) is 0 Å². The second kappa shape index (κ2) is 6.00. The van der Waals surface area contributed by atoms with Crippen molar-refractivity contribution in [2.24, 2.45) is 0 Å². The van der Waals surface area contributed by atoms with E-state index >= 15 is 0 Å². The fourth-order valence-corrected chi connectivity index (χ4v) is 0.960. The standard InChI is InChI=1S/C12H22O5/c1-11(2,3)16-9(13)7-15-8-10(14)17-12(4,5)6/h7-8H2,1-6H3. The van der Waals surface area contributed by atoms with E-state index in [-0.39, 0.29) is 13.2 Å². The van der Waals surface area contributed by atoms with Gasteiger partial charge in [0.15, 0.2) is 0 Å². The van der Waals surface area contributed by atoms with E-state index in [9.17, 15) is 9.59 Å². The lowest BCUT2D eigenvalue weighted by Crippen LogP contribution is -2.29. The lowest BCUT2D eigenvalue weighted by Gasteiger charge is -2.20. The van der Waals surface area contributed by atoms with Crippen LogP contribution in [0.5, 0.6) is 0 Å².